The summed E-state index contributed by atoms with van der Waals surface area (Å²) < 4.78 is 0. The van der Waals surface area contributed by atoms with Gasteiger partial charge in [0.15, 0.2) is 0 Å². The molecule has 21 heavy (non-hydrogen) atoms. The Morgan fingerprint density at radius 2 is 2.10 bits per heavy atom. The molecule has 0 spiro atoms. The fraction of sp³-hybridized carbons (Fsp3) is 0.611. The van der Waals surface area contributed by atoms with Gasteiger partial charge in [-0.25, -0.2) is 0 Å². The lowest BCUT2D eigenvalue weighted by atomic mass is 9.62. The van der Waals surface area contributed by atoms with Crippen LogP contribution in [0.15, 0.2) is 12.1 Å². The molecule has 3 heteroatoms. The summed E-state index contributed by atoms with van der Waals surface area (Å²) in [5.41, 5.74) is 4.63. The monoisotopic (exact) mass is 288 g/mol. The van der Waals surface area contributed by atoms with Gasteiger partial charge >= 0.3 is 5.97 Å². The summed E-state index contributed by atoms with van der Waals surface area (Å²) in [7, 11) is 0. The van der Waals surface area contributed by atoms with Gasteiger partial charge in [-0.3, -0.25) is 4.79 Å². The molecule has 3 rings (SSSR count). The summed E-state index contributed by atoms with van der Waals surface area (Å²) in [5.74, 6) is -0.580. The first-order valence-electron chi connectivity index (χ1n) is 8.02. The molecule has 2 aliphatic rings. The Kier molecular flexibility index (Phi) is 3.56. The average molecular weight is 288 g/mol. The van der Waals surface area contributed by atoms with E-state index in [1.165, 1.54) is 22.3 Å². The van der Waals surface area contributed by atoms with Gasteiger partial charge in [0.05, 0.1) is 11.5 Å². The van der Waals surface area contributed by atoms with Gasteiger partial charge in [0, 0.05) is 0 Å². The zero-order valence-corrected chi connectivity index (χ0v) is 12.9. The summed E-state index contributed by atoms with van der Waals surface area (Å²) in [5, 5.41) is 19.5. The highest BCUT2D eigenvalue weighted by Gasteiger charge is 2.45. The van der Waals surface area contributed by atoms with Crippen LogP contribution in [0.25, 0.3) is 0 Å². The maximum atomic E-state index is 11.8. The first-order valence-corrected chi connectivity index (χ1v) is 8.02. The van der Waals surface area contributed by atoms with E-state index in [0.717, 1.165) is 32.1 Å². The molecule has 0 aliphatic heterocycles. The molecule has 2 N–H and O–H groups in total. The number of carboxylic acid groups (broad SMARTS) is 1. The van der Waals surface area contributed by atoms with Crippen molar-refractivity contribution in [1.82, 2.24) is 0 Å². The molecular formula is C18H24O3. The highest BCUT2D eigenvalue weighted by Crippen LogP contribution is 2.49. The van der Waals surface area contributed by atoms with Crippen LogP contribution in [0.5, 0.6) is 0 Å². The van der Waals surface area contributed by atoms with E-state index in [-0.39, 0.29) is 12.0 Å². The number of hydrogen-bond acceptors (Lipinski definition) is 2. The topological polar surface area (TPSA) is 57.5 Å². The number of aliphatic hydroxyl groups is 1. The molecule has 0 saturated carbocycles. The lowest BCUT2D eigenvalue weighted by Gasteiger charge is -2.41. The van der Waals surface area contributed by atoms with Gasteiger partial charge in [-0.1, -0.05) is 19.1 Å². The van der Waals surface area contributed by atoms with Gasteiger partial charge < -0.3 is 10.2 Å². The third-order valence-corrected chi connectivity index (χ3v) is 5.68. The minimum absolute atomic E-state index is 0.0934. The minimum atomic E-state index is -0.673. The quantitative estimate of drug-likeness (QED) is 0.879. The lowest BCUT2D eigenvalue weighted by molar-refractivity contribution is -0.150. The molecule has 3 unspecified atom stereocenters. The van der Waals surface area contributed by atoms with Crippen LogP contribution in [0.3, 0.4) is 0 Å². The van der Waals surface area contributed by atoms with Crippen molar-refractivity contribution in [1.29, 1.82) is 0 Å². The second-order valence-corrected chi connectivity index (χ2v) is 6.85. The molecule has 0 amide bonds. The van der Waals surface area contributed by atoms with Gasteiger partial charge in [-0.2, -0.15) is 0 Å². The predicted molar refractivity (Wildman–Crippen MR) is 81.6 cm³/mol. The molecule has 0 fully saturated rings. The van der Waals surface area contributed by atoms with Gasteiger partial charge in [0.2, 0.25) is 0 Å². The first-order chi connectivity index (χ1) is 9.97. The average Bonchev–Trinajstić information content (AvgIpc) is 2.46. The SMILES string of the molecule is CCC1c2ccc3c(c2CCC1(C)C(=O)O)CCC(O)C3. The second kappa shape index (κ2) is 5.13. The molecule has 3 nitrogen and oxygen atoms in total. The molecule has 114 valence electrons. The summed E-state index contributed by atoms with van der Waals surface area (Å²) in [6, 6.07) is 4.24. The standard InChI is InChI=1S/C18H24O3/c1-3-16-15-6-4-11-10-12(19)5-7-13(11)14(15)8-9-18(16,2)17(20)21/h4,6,12,16,19H,3,5,7-10H2,1-2H3,(H,20,21). The number of aliphatic carboxylic acids is 1. The number of aliphatic hydroxyl groups excluding tert-OH is 1. The number of hydrogen-bond donors (Lipinski definition) is 2. The van der Waals surface area contributed by atoms with Crippen molar-refractivity contribution in [3.63, 3.8) is 0 Å². The van der Waals surface area contributed by atoms with Crippen LogP contribution in [-0.4, -0.2) is 22.3 Å². The minimum Gasteiger partial charge on any atom is -0.481 e. The summed E-state index contributed by atoms with van der Waals surface area (Å²) >= 11 is 0. The van der Waals surface area contributed by atoms with Crippen molar-refractivity contribution in [2.45, 2.75) is 64.4 Å². The van der Waals surface area contributed by atoms with Gasteiger partial charge in [0.25, 0.3) is 0 Å². The number of fused-ring (bicyclic) bond motifs is 3. The summed E-state index contributed by atoms with van der Waals surface area (Å²) in [6.07, 6.45) is 4.72. The molecular weight excluding hydrogens is 264 g/mol. The fourth-order valence-electron chi connectivity index (χ4n) is 4.38. The Bertz CT molecular complexity index is 578. The Hall–Kier alpha value is -1.35. The van der Waals surface area contributed by atoms with Gasteiger partial charge in [-0.15, -0.1) is 0 Å². The third kappa shape index (κ3) is 2.18. The zero-order valence-electron chi connectivity index (χ0n) is 12.9. The van der Waals surface area contributed by atoms with E-state index >= 15 is 0 Å². The fourth-order valence-corrected chi connectivity index (χ4v) is 4.38. The number of carboxylic acids is 1. The molecule has 0 heterocycles. The highest BCUT2D eigenvalue weighted by atomic mass is 16.4. The van der Waals surface area contributed by atoms with E-state index < -0.39 is 11.4 Å². The molecule has 0 aromatic heterocycles. The molecule has 3 atom stereocenters. The Balaban J connectivity index is 2.08. The van der Waals surface area contributed by atoms with Crippen molar-refractivity contribution in [3.8, 4) is 0 Å². The largest absolute Gasteiger partial charge is 0.481 e. The Morgan fingerprint density at radius 1 is 1.33 bits per heavy atom. The van der Waals surface area contributed by atoms with Crippen LogP contribution >= 0.6 is 0 Å². The van der Waals surface area contributed by atoms with Gasteiger partial charge in [-0.05, 0) is 73.6 Å². The predicted octanol–water partition coefficient (Wildman–Crippen LogP) is 3.07. The maximum absolute atomic E-state index is 11.8. The van der Waals surface area contributed by atoms with E-state index in [9.17, 15) is 15.0 Å². The number of rotatable bonds is 2. The Labute approximate surface area is 126 Å². The molecule has 2 aliphatic carbocycles. The van der Waals surface area contributed by atoms with Crippen LogP contribution < -0.4 is 0 Å². The van der Waals surface area contributed by atoms with Crippen LogP contribution in [0.1, 0.15) is 61.3 Å². The summed E-state index contributed by atoms with van der Waals surface area (Å²) in [4.78, 5) is 11.8. The van der Waals surface area contributed by atoms with Crippen molar-refractivity contribution >= 4 is 5.97 Å². The molecule has 0 bridgehead atoms. The van der Waals surface area contributed by atoms with E-state index in [1.54, 1.807) is 0 Å². The second-order valence-electron chi connectivity index (χ2n) is 6.85. The van der Waals surface area contributed by atoms with Crippen molar-refractivity contribution < 1.29 is 15.0 Å². The van der Waals surface area contributed by atoms with Crippen molar-refractivity contribution in [2.24, 2.45) is 5.41 Å². The Morgan fingerprint density at radius 3 is 2.76 bits per heavy atom. The van der Waals surface area contributed by atoms with E-state index in [1.807, 2.05) is 6.92 Å². The van der Waals surface area contributed by atoms with E-state index in [2.05, 4.69) is 19.1 Å². The first kappa shape index (κ1) is 14.6. The smallest absolute Gasteiger partial charge is 0.309 e. The lowest BCUT2D eigenvalue weighted by Crippen LogP contribution is -2.39. The summed E-state index contributed by atoms with van der Waals surface area (Å²) in [6.45, 7) is 3.99. The highest BCUT2D eigenvalue weighted by molar-refractivity contribution is 5.76. The van der Waals surface area contributed by atoms with Crippen LogP contribution in [0, 0.1) is 5.41 Å². The van der Waals surface area contributed by atoms with E-state index in [0.29, 0.717) is 6.42 Å². The normalized spacial score (nSPS) is 31.4. The van der Waals surface area contributed by atoms with Crippen molar-refractivity contribution in [2.75, 3.05) is 0 Å². The van der Waals surface area contributed by atoms with Crippen LogP contribution in [0.4, 0.5) is 0 Å². The van der Waals surface area contributed by atoms with Crippen LogP contribution in [-0.2, 0) is 24.1 Å². The van der Waals surface area contributed by atoms with E-state index in [4.69, 9.17) is 0 Å². The number of benzene rings is 1. The van der Waals surface area contributed by atoms with Crippen molar-refractivity contribution in [3.05, 3.63) is 34.4 Å². The number of carbonyl (C=O) groups is 1. The molecule has 0 saturated heterocycles. The third-order valence-electron chi connectivity index (χ3n) is 5.68. The van der Waals surface area contributed by atoms with Crippen LogP contribution in [0.2, 0.25) is 0 Å². The molecule has 1 aromatic carbocycles. The van der Waals surface area contributed by atoms with Gasteiger partial charge in [0.1, 0.15) is 0 Å². The zero-order chi connectivity index (χ0) is 15.2. The molecule has 0 radical (unpaired) electrons. The molecule has 1 aromatic rings. The maximum Gasteiger partial charge on any atom is 0.309 e.